The maximum absolute atomic E-state index is 13.6. The van der Waals surface area contributed by atoms with Crippen LogP contribution in [0.2, 0.25) is 5.02 Å². The van der Waals surface area contributed by atoms with Crippen molar-refractivity contribution in [2.75, 3.05) is 26.2 Å². The minimum atomic E-state index is -0.318. The fraction of sp³-hybridized carbons (Fsp3) is 0.286. The zero-order valence-electron chi connectivity index (χ0n) is 14.6. The van der Waals surface area contributed by atoms with Gasteiger partial charge in [-0.1, -0.05) is 41.9 Å². The number of benzene rings is 2. The minimum Gasteiger partial charge on any atom is -0.338 e. The molecule has 0 aromatic heterocycles. The van der Waals surface area contributed by atoms with Gasteiger partial charge in [0.15, 0.2) is 0 Å². The second-order valence-corrected chi connectivity index (χ2v) is 6.87. The van der Waals surface area contributed by atoms with Crippen LogP contribution in [0.5, 0.6) is 0 Å². The van der Waals surface area contributed by atoms with Gasteiger partial charge < -0.3 is 4.90 Å². The van der Waals surface area contributed by atoms with E-state index in [1.807, 2.05) is 29.2 Å². The van der Waals surface area contributed by atoms with Crippen molar-refractivity contribution < 1.29 is 9.18 Å². The summed E-state index contributed by atoms with van der Waals surface area (Å²) in [6, 6.07) is 14.3. The molecule has 2 aromatic rings. The Kier molecular flexibility index (Phi) is 6.42. The Balaban J connectivity index is 1.55. The van der Waals surface area contributed by atoms with Crippen LogP contribution in [0.1, 0.15) is 17.5 Å². The quantitative estimate of drug-likeness (QED) is 0.750. The van der Waals surface area contributed by atoms with Crippen LogP contribution in [-0.2, 0) is 11.3 Å². The molecule has 1 aliphatic rings. The molecule has 0 bridgehead atoms. The fourth-order valence-corrected chi connectivity index (χ4v) is 3.20. The Hall–Kier alpha value is -2.17. The summed E-state index contributed by atoms with van der Waals surface area (Å²) < 4.78 is 13.6. The largest absolute Gasteiger partial charge is 0.338 e. The van der Waals surface area contributed by atoms with Crippen LogP contribution in [0.3, 0.4) is 0 Å². The van der Waals surface area contributed by atoms with Crippen molar-refractivity contribution >= 4 is 23.6 Å². The third kappa shape index (κ3) is 5.16. The van der Waals surface area contributed by atoms with E-state index in [4.69, 9.17) is 11.6 Å². The standard InChI is InChI=1S/C21H22ClFN2O/c22-19-9-6-17(7-10-19)16-24-12-3-13-25(15-14-24)21(26)11-8-18-4-1-2-5-20(18)23/h1-2,4-11H,3,12-16H2/b11-8+. The van der Waals surface area contributed by atoms with Gasteiger partial charge in [0.25, 0.3) is 0 Å². The van der Waals surface area contributed by atoms with Gasteiger partial charge in [0.05, 0.1) is 0 Å². The van der Waals surface area contributed by atoms with E-state index in [-0.39, 0.29) is 11.7 Å². The Bertz CT molecular complexity index is 776. The summed E-state index contributed by atoms with van der Waals surface area (Å²) in [5.74, 6) is -0.386. The van der Waals surface area contributed by atoms with Crippen molar-refractivity contribution in [1.29, 1.82) is 0 Å². The molecule has 0 aliphatic carbocycles. The molecule has 3 rings (SSSR count). The maximum atomic E-state index is 13.6. The normalized spacial score (nSPS) is 16.0. The number of carbonyl (C=O) groups excluding carboxylic acids is 1. The molecule has 1 aliphatic heterocycles. The van der Waals surface area contributed by atoms with Crippen LogP contribution in [0.25, 0.3) is 6.08 Å². The second kappa shape index (κ2) is 8.97. The molecule has 1 amide bonds. The van der Waals surface area contributed by atoms with Crippen molar-refractivity contribution in [3.63, 3.8) is 0 Å². The number of rotatable bonds is 4. The van der Waals surface area contributed by atoms with E-state index in [1.54, 1.807) is 24.3 Å². The monoisotopic (exact) mass is 372 g/mol. The molecule has 5 heteroatoms. The average Bonchev–Trinajstić information content (AvgIpc) is 2.88. The third-order valence-corrected chi connectivity index (χ3v) is 4.78. The Morgan fingerprint density at radius 3 is 2.58 bits per heavy atom. The first kappa shape index (κ1) is 18.6. The van der Waals surface area contributed by atoms with E-state index in [1.165, 1.54) is 17.7 Å². The summed E-state index contributed by atoms with van der Waals surface area (Å²) in [6.45, 7) is 4.02. The number of halogens is 2. The molecule has 0 saturated carbocycles. The summed E-state index contributed by atoms with van der Waals surface area (Å²) in [4.78, 5) is 16.6. The Labute approximate surface area is 158 Å². The highest BCUT2D eigenvalue weighted by Gasteiger charge is 2.17. The summed E-state index contributed by atoms with van der Waals surface area (Å²) >= 11 is 5.93. The topological polar surface area (TPSA) is 23.6 Å². The van der Waals surface area contributed by atoms with Gasteiger partial charge in [-0.2, -0.15) is 0 Å². The molecule has 0 spiro atoms. The van der Waals surface area contributed by atoms with Crippen molar-refractivity contribution in [3.8, 4) is 0 Å². The molecule has 0 atom stereocenters. The van der Waals surface area contributed by atoms with Crippen LogP contribution >= 0.6 is 11.6 Å². The van der Waals surface area contributed by atoms with Crippen LogP contribution in [-0.4, -0.2) is 41.9 Å². The summed E-state index contributed by atoms with van der Waals surface area (Å²) in [6.07, 6.45) is 3.94. The van der Waals surface area contributed by atoms with Crippen molar-refractivity contribution in [2.45, 2.75) is 13.0 Å². The average molecular weight is 373 g/mol. The summed E-state index contributed by atoms with van der Waals surface area (Å²) in [7, 11) is 0. The van der Waals surface area contributed by atoms with Crippen molar-refractivity contribution in [1.82, 2.24) is 9.80 Å². The van der Waals surface area contributed by atoms with E-state index in [0.29, 0.717) is 12.1 Å². The van der Waals surface area contributed by atoms with Crippen LogP contribution in [0, 0.1) is 5.82 Å². The van der Waals surface area contributed by atoms with Gasteiger partial charge in [-0.25, -0.2) is 4.39 Å². The van der Waals surface area contributed by atoms with E-state index in [2.05, 4.69) is 4.90 Å². The number of amides is 1. The third-order valence-electron chi connectivity index (χ3n) is 4.53. The first-order valence-corrected chi connectivity index (χ1v) is 9.18. The fourth-order valence-electron chi connectivity index (χ4n) is 3.07. The van der Waals surface area contributed by atoms with E-state index < -0.39 is 0 Å². The molecule has 0 N–H and O–H groups in total. The highest BCUT2D eigenvalue weighted by atomic mass is 35.5. The van der Waals surface area contributed by atoms with Gasteiger partial charge in [0, 0.05) is 49.4 Å². The van der Waals surface area contributed by atoms with Gasteiger partial charge in [-0.05, 0) is 36.3 Å². The molecule has 0 unspecified atom stereocenters. The van der Waals surface area contributed by atoms with E-state index in [0.717, 1.165) is 37.6 Å². The highest BCUT2D eigenvalue weighted by Crippen LogP contribution is 2.14. The van der Waals surface area contributed by atoms with E-state index in [9.17, 15) is 9.18 Å². The van der Waals surface area contributed by atoms with Gasteiger partial charge >= 0.3 is 0 Å². The number of nitrogens with zero attached hydrogens (tertiary/aromatic N) is 2. The number of hydrogen-bond donors (Lipinski definition) is 0. The van der Waals surface area contributed by atoms with E-state index >= 15 is 0 Å². The number of hydrogen-bond acceptors (Lipinski definition) is 2. The van der Waals surface area contributed by atoms with Gasteiger partial charge in [-0.3, -0.25) is 9.69 Å². The molecule has 1 fully saturated rings. The lowest BCUT2D eigenvalue weighted by atomic mass is 10.2. The Morgan fingerprint density at radius 2 is 1.81 bits per heavy atom. The van der Waals surface area contributed by atoms with Gasteiger partial charge in [0.2, 0.25) is 5.91 Å². The maximum Gasteiger partial charge on any atom is 0.246 e. The molecule has 1 saturated heterocycles. The molecule has 26 heavy (non-hydrogen) atoms. The molecule has 0 radical (unpaired) electrons. The predicted octanol–water partition coefficient (Wildman–Crippen LogP) is 4.23. The van der Waals surface area contributed by atoms with Gasteiger partial charge in [-0.15, -0.1) is 0 Å². The SMILES string of the molecule is O=C(/C=C/c1ccccc1F)N1CCCN(Cc2ccc(Cl)cc2)CC1. The van der Waals surface area contributed by atoms with Gasteiger partial charge in [0.1, 0.15) is 5.82 Å². The lowest BCUT2D eigenvalue weighted by Gasteiger charge is -2.21. The molecule has 2 aromatic carbocycles. The van der Waals surface area contributed by atoms with Crippen LogP contribution < -0.4 is 0 Å². The number of carbonyl (C=O) groups is 1. The zero-order chi connectivity index (χ0) is 18.4. The molecule has 136 valence electrons. The lowest BCUT2D eigenvalue weighted by Crippen LogP contribution is -2.34. The van der Waals surface area contributed by atoms with Crippen molar-refractivity contribution in [2.24, 2.45) is 0 Å². The molecular weight excluding hydrogens is 351 g/mol. The van der Waals surface area contributed by atoms with Crippen LogP contribution in [0.4, 0.5) is 4.39 Å². The Morgan fingerprint density at radius 1 is 1.04 bits per heavy atom. The summed E-state index contributed by atoms with van der Waals surface area (Å²) in [5, 5.41) is 0.739. The summed E-state index contributed by atoms with van der Waals surface area (Å²) in [5.41, 5.74) is 1.65. The first-order chi connectivity index (χ1) is 12.6. The second-order valence-electron chi connectivity index (χ2n) is 6.44. The lowest BCUT2D eigenvalue weighted by molar-refractivity contribution is -0.125. The van der Waals surface area contributed by atoms with Crippen LogP contribution in [0.15, 0.2) is 54.6 Å². The predicted molar refractivity (Wildman–Crippen MR) is 103 cm³/mol. The minimum absolute atomic E-state index is 0.0680. The molecule has 3 nitrogen and oxygen atoms in total. The molecular formula is C21H22ClFN2O. The smallest absolute Gasteiger partial charge is 0.246 e. The first-order valence-electron chi connectivity index (χ1n) is 8.80. The molecule has 1 heterocycles. The highest BCUT2D eigenvalue weighted by molar-refractivity contribution is 6.30. The van der Waals surface area contributed by atoms with Crippen molar-refractivity contribution in [3.05, 3.63) is 76.6 Å². The zero-order valence-corrected chi connectivity index (χ0v) is 15.3.